The number of nitro groups is 1. The molecule has 0 radical (unpaired) electrons. The lowest BCUT2D eigenvalue weighted by Crippen LogP contribution is -1.99. The van der Waals surface area contributed by atoms with Crippen LogP contribution in [0, 0.1) is 10.1 Å². The Balaban J connectivity index is 2.42. The van der Waals surface area contributed by atoms with Crippen LogP contribution in [-0.4, -0.2) is 19.1 Å². The summed E-state index contributed by atoms with van der Waals surface area (Å²) in [5.74, 6) is 1.29. The number of ether oxygens (including phenoxy) is 2. The number of para-hydroxylation sites is 1. The van der Waals surface area contributed by atoms with Crippen molar-refractivity contribution in [2.24, 2.45) is 0 Å². The summed E-state index contributed by atoms with van der Waals surface area (Å²) < 4.78 is 11.4. The standard InChI is InChI=1S/C14H13BrN2O4/c1-16-11-4-3-5-13(14(11)17(18)19)21-12-7-6-9(20-2)8-10(12)15/h3-8,16H,1-2H3. The van der Waals surface area contributed by atoms with Gasteiger partial charge in [0.2, 0.25) is 5.75 Å². The Kier molecular flexibility index (Phi) is 4.64. The van der Waals surface area contributed by atoms with Gasteiger partial charge >= 0.3 is 5.69 Å². The first-order valence-electron chi connectivity index (χ1n) is 6.03. The van der Waals surface area contributed by atoms with E-state index in [4.69, 9.17) is 9.47 Å². The molecule has 0 aliphatic rings. The van der Waals surface area contributed by atoms with Gasteiger partial charge in [-0.3, -0.25) is 10.1 Å². The molecular weight excluding hydrogens is 340 g/mol. The van der Waals surface area contributed by atoms with Gasteiger partial charge < -0.3 is 14.8 Å². The number of hydrogen-bond acceptors (Lipinski definition) is 5. The van der Waals surface area contributed by atoms with Crippen molar-refractivity contribution in [2.45, 2.75) is 0 Å². The summed E-state index contributed by atoms with van der Waals surface area (Å²) in [6.07, 6.45) is 0. The van der Waals surface area contributed by atoms with Crippen LogP contribution in [0.1, 0.15) is 0 Å². The quantitative estimate of drug-likeness (QED) is 0.644. The Hall–Kier alpha value is -2.28. The Morgan fingerprint density at radius 1 is 1.24 bits per heavy atom. The summed E-state index contributed by atoms with van der Waals surface area (Å²) in [5, 5.41) is 14.0. The minimum Gasteiger partial charge on any atom is -0.497 e. The summed E-state index contributed by atoms with van der Waals surface area (Å²) in [6, 6.07) is 9.98. The van der Waals surface area contributed by atoms with Crippen LogP contribution in [0.3, 0.4) is 0 Å². The van der Waals surface area contributed by atoms with E-state index in [-0.39, 0.29) is 11.4 Å². The molecule has 0 bridgehead atoms. The number of rotatable bonds is 5. The van der Waals surface area contributed by atoms with Crippen LogP contribution in [0.4, 0.5) is 11.4 Å². The van der Waals surface area contributed by atoms with Crippen molar-refractivity contribution in [3.63, 3.8) is 0 Å². The van der Waals surface area contributed by atoms with Gasteiger partial charge in [0.05, 0.1) is 16.5 Å². The molecule has 0 fully saturated rings. The van der Waals surface area contributed by atoms with Crippen molar-refractivity contribution in [3.05, 3.63) is 51.0 Å². The summed E-state index contributed by atoms with van der Waals surface area (Å²) in [6.45, 7) is 0. The fourth-order valence-electron chi connectivity index (χ4n) is 1.80. The highest BCUT2D eigenvalue weighted by Gasteiger charge is 2.21. The molecule has 0 aromatic heterocycles. The average molecular weight is 353 g/mol. The van der Waals surface area contributed by atoms with Gasteiger partial charge in [0.25, 0.3) is 0 Å². The van der Waals surface area contributed by atoms with E-state index in [1.807, 2.05) is 0 Å². The van der Waals surface area contributed by atoms with E-state index in [2.05, 4.69) is 21.2 Å². The number of anilines is 1. The van der Waals surface area contributed by atoms with Crippen LogP contribution in [0.25, 0.3) is 0 Å². The fraction of sp³-hybridized carbons (Fsp3) is 0.143. The molecule has 7 heteroatoms. The Morgan fingerprint density at radius 3 is 2.57 bits per heavy atom. The molecule has 0 aliphatic carbocycles. The van der Waals surface area contributed by atoms with Crippen molar-refractivity contribution in [1.29, 1.82) is 0 Å². The summed E-state index contributed by atoms with van der Waals surface area (Å²) in [5.41, 5.74) is 0.282. The number of nitro benzene ring substituents is 1. The molecule has 0 aliphatic heterocycles. The highest BCUT2D eigenvalue weighted by molar-refractivity contribution is 9.10. The highest BCUT2D eigenvalue weighted by Crippen LogP contribution is 2.40. The molecule has 0 amide bonds. The van der Waals surface area contributed by atoms with E-state index < -0.39 is 4.92 Å². The van der Waals surface area contributed by atoms with E-state index in [0.29, 0.717) is 21.7 Å². The molecule has 0 saturated heterocycles. The molecule has 0 atom stereocenters. The second-order valence-corrected chi connectivity index (χ2v) is 4.91. The first kappa shape index (κ1) is 15.1. The molecule has 2 aromatic carbocycles. The Morgan fingerprint density at radius 2 is 2.00 bits per heavy atom. The van der Waals surface area contributed by atoms with Gasteiger partial charge in [-0.05, 0) is 46.3 Å². The van der Waals surface area contributed by atoms with Crippen LogP contribution in [0.15, 0.2) is 40.9 Å². The normalized spacial score (nSPS) is 10.0. The van der Waals surface area contributed by atoms with E-state index in [0.717, 1.165) is 0 Å². The number of nitrogens with zero attached hydrogens (tertiary/aromatic N) is 1. The number of benzene rings is 2. The lowest BCUT2D eigenvalue weighted by atomic mass is 10.2. The largest absolute Gasteiger partial charge is 0.497 e. The van der Waals surface area contributed by atoms with Crippen molar-refractivity contribution in [2.75, 3.05) is 19.5 Å². The highest BCUT2D eigenvalue weighted by atomic mass is 79.9. The predicted molar refractivity (Wildman–Crippen MR) is 83.4 cm³/mol. The minimum absolute atomic E-state index is 0.109. The maximum absolute atomic E-state index is 11.2. The van der Waals surface area contributed by atoms with Crippen molar-refractivity contribution in [1.82, 2.24) is 0 Å². The summed E-state index contributed by atoms with van der Waals surface area (Å²) in [4.78, 5) is 10.8. The van der Waals surface area contributed by atoms with Crippen molar-refractivity contribution in [3.8, 4) is 17.2 Å². The number of nitrogens with one attached hydrogen (secondary N) is 1. The van der Waals surface area contributed by atoms with E-state index in [9.17, 15) is 10.1 Å². The SMILES string of the molecule is CNc1cccc(Oc2ccc(OC)cc2Br)c1[N+](=O)[O-]. The lowest BCUT2D eigenvalue weighted by molar-refractivity contribution is -0.384. The summed E-state index contributed by atoms with van der Waals surface area (Å²) in [7, 11) is 3.18. The van der Waals surface area contributed by atoms with Crippen LogP contribution >= 0.6 is 15.9 Å². The maximum Gasteiger partial charge on any atom is 0.334 e. The molecule has 6 nitrogen and oxygen atoms in total. The fourth-order valence-corrected chi connectivity index (χ4v) is 2.24. The molecule has 1 N–H and O–H groups in total. The second kappa shape index (κ2) is 6.45. The molecule has 21 heavy (non-hydrogen) atoms. The molecule has 0 saturated carbocycles. The number of methoxy groups -OCH3 is 1. The molecule has 0 spiro atoms. The van der Waals surface area contributed by atoms with Crippen LogP contribution in [0.5, 0.6) is 17.2 Å². The van der Waals surface area contributed by atoms with Crippen molar-refractivity contribution < 1.29 is 14.4 Å². The molecular formula is C14H13BrN2O4. The van der Waals surface area contributed by atoms with E-state index >= 15 is 0 Å². The van der Waals surface area contributed by atoms with Gasteiger partial charge in [0, 0.05) is 7.05 Å². The molecule has 0 heterocycles. The zero-order valence-electron chi connectivity index (χ0n) is 11.4. The van der Waals surface area contributed by atoms with Gasteiger partial charge in [-0.15, -0.1) is 0 Å². The van der Waals surface area contributed by atoms with Crippen molar-refractivity contribution >= 4 is 27.3 Å². The molecule has 2 aromatic rings. The third-order valence-corrected chi connectivity index (χ3v) is 3.43. The number of halogens is 1. The predicted octanol–water partition coefficient (Wildman–Crippen LogP) is 4.20. The van der Waals surface area contributed by atoms with Gasteiger partial charge in [0.1, 0.15) is 17.2 Å². The second-order valence-electron chi connectivity index (χ2n) is 4.06. The summed E-state index contributed by atoms with van der Waals surface area (Å²) >= 11 is 3.35. The van der Waals surface area contributed by atoms with Gasteiger partial charge in [0.15, 0.2) is 0 Å². The zero-order chi connectivity index (χ0) is 15.4. The number of hydrogen-bond donors (Lipinski definition) is 1. The molecule has 2 rings (SSSR count). The average Bonchev–Trinajstić information content (AvgIpc) is 2.48. The minimum atomic E-state index is -0.474. The van der Waals surface area contributed by atoms with E-state index in [1.54, 1.807) is 50.6 Å². The lowest BCUT2D eigenvalue weighted by Gasteiger charge is -2.11. The Labute approximate surface area is 130 Å². The van der Waals surface area contributed by atoms with Gasteiger partial charge in [-0.2, -0.15) is 0 Å². The maximum atomic E-state index is 11.2. The topological polar surface area (TPSA) is 73.6 Å². The van der Waals surface area contributed by atoms with Gasteiger partial charge in [-0.1, -0.05) is 6.07 Å². The first-order chi connectivity index (χ1) is 10.1. The Bertz CT molecular complexity index is 676. The first-order valence-corrected chi connectivity index (χ1v) is 6.82. The van der Waals surface area contributed by atoms with Gasteiger partial charge in [-0.25, -0.2) is 0 Å². The van der Waals surface area contributed by atoms with Crippen LogP contribution < -0.4 is 14.8 Å². The zero-order valence-corrected chi connectivity index (χ0v) is 13.0. The van der Waals surface area contributed by atoms with E-state index in [1.165, 1.54) is 0 Å². The smallest absolute Gasteiger partial charge is 0.334 e. The molecule has 0 unspecified atom stereocenters. The monoisotopic (exact) mass is 352 g/mol. The third-order valence-electron chi connectivity index (χ3n) is 2.81. The molecule has 110 valence electrons. The third kappa shape index (κ3) is 3.25. The van der Waals surface area contributed by atoms with Crippen LogP contribution in [0.2, 0.25) is 0 Å². The van der Waals surface area contributed by atoms with Crippen LogP contribution in [-0.2, 0) is 0 Å².